The van der Waals surface area contributed by atoms with Gasteiger partial charge in [0.25, 0.3) is 0 Å². The molecule has 3 nitrogen and oxygen atoms in total. The van der Waals surface area contributed by atoms with Crippen LogP contribution in [0.4, 0.5) is 0 Å². The van der Waals surface area contributed by atoms with Gasteiger partial charge < -0.3 is 9.88 Å². The van der Waals surface area contributed by atoms with Crippen molar-refractivity contribution in [3.63, 3.8) is 0 Å². The van der Waals surface area contributed by atoms with Gasteiger partial charge in [-0.2, -0.15) is 0 Å². The molecule has 1 N–H and O–H groups in total. The van der Waals surface area contributed by atoms with E-state index in [2.05, 4.69) is 72.3 Å². The summed E-state index contributed by atoms with van der Waals surface area (Å²) in [7, 11) is 0. The lowest BCUT2D eigenvalue weighted by Crippen LogP contribution is -2.39. The second-order valence-corrected chi connectivity index (χ2v) is 7.96. The molecule has 1 aliphatic rings. The van der Waals surface area contributed by atoms with Crippen LogP contribution in [0.25, 0.3) is 10.9 Å². The Morgan fingerprint density at radius 1 is 1.04 bits per heavy atom. The Labute approximate surface area is 161 Å². The van der Waals surface area contributed by atoms with Crippen molar-refractivity contribution in [2.75, 3.05) is 13.1 Å². The van der Waals surface area contributed by atoms with Crippen LogP contribution in [0.1, 0.15) is 35.2 Å². The topological polar surface area (TPSA) is 36.1 Å². The molecule has 1 fully saturated rings. The zero-order chi connectivity index (χ0) is 18.8. The zero-order valence-corrected chi connectivity index (χ0v) is 16.3. The second kappa shape index (κ2) is 7.59. The molecule has 0 spiro atoms. The predicted octanol–water partition coefficient (Wildman–Crippen LogP) is 4.81. The van der Waals surface area contributed by atoms with Gasteiger partial charge in [0.1, 0.15) is 0 Å². The van der Waals surface area contributed by atoms with Gasteiger partial charge in [-0.1, -0.05) is 48.0 Å². The van der Waals surface area contributed by atoms with E-state index in [9.17, 15) is 4.79 Å². The standard InChI is InChI=1S/C24H28N2O/c1-17-7-9-19(10-8-17)16-24(27)26-13-11-20(12-14-26)15-22-18(2)25-23-6-4-3-5-21(22)23/h3-10,20,25H,11-16H2,1-2H3. The van der Waals surface area contributed by atoms with Crippen molar-refractivity contribution in [2.45, 2.75) is 39.5 Å². The van der Waals surface area contributed by atoms with Crippen LogP contribution in [0.3, 0.4) is 0 Å². The number of fused-ring (bicyclic) bond motifs is 1. The van der Waals surface area contributed by atoms with Gasteiger partial charge in [-0.25, -0.2) is 0 Å². The number of nitrogens with zero attached hydrogens (tertiary/aromatic N) is 1. The molecule has 4 rings (SSSR count). The summed E-state index contributed by atoms with van der Waals surface area (Å²) in [4.78, 5) is 18.2. The Morgan fingerprint density at radius 2 is 1.74 bits per heavy atom. The summed E-state index contributed by atoms with van der Waals surface area (Å²) in [6.45, 7) is 6.02. The maximum atomic E-state index is 12.6. The molecule has 0 aliphatic carbocycles. The molecule has 27 heavy (non-hydrogen) atoms. The highest BCUT2D eigenvalue weighted by Gasteiger charge is 2.24. The lowest BCUT2D eigenvalue weighted by atomic mass is 9.89. The predicted molar refractivity (Wildman–Crippen MR) is 111 cm³/mol. The number of aromatic amines is 1. The van der Waals surface area contributed by atoms with E-state index in [0.717, 1.165) is 37.9 Å². The number of carbonyl (C=O) groups is 1. The first kappa shape index (κ1) is 17.8. The molecule has 3 aromatic rings. The SMILES string of the molecule is Cc1ccc(CC(=O)N2CCC(Cc3c(C)[nH]c4ccccc34)CC2)cc1. The summed E-state index contributed by atoms with van der Waals surface area (Å²) in [6.07, 6.45) is 3.82. The van der Waals surface area contributed by atoms with Crippen molar-refractivity contribution < 1.29 is 4.79 Å². The summed E-state index contributed by atoms with van der Waals surface area (Å²) in [5.41, 5.74) is 6.32. The van der Waals surface area contributed by atoms with E-state index in [4.69, 9.17) is 0 Å². The molecule has 1 amide bonds. The Kier molecular flexibility index (Phi) is 5.02. The number of carbonyl (C=O) groups excluding carboxylic acids is 1. The van der Waals surface area contributed by atoms with E-state index >= 15 is 0 Å². The third kappa shape index (κ3) is 3.92. The van der Waals surface area contributed by atoms with Crippen LogP contribution < -0.4 is 0 Å². The minimum atomic E-state index is 0.264. The minimum Gasteiger partial charge on any atom is -0.358 e. The highest BCUT2D eigenvalue weighted by molar-refractivity contribution is 5.84. The number of nitrogens with one attached hydrogen (secondary N) is 1. The van der Waals surface area contributed by atoms with E-state index in [1.807, 2.05) is 0 Å². The molecule has 0 atom stereocenters. The average Bonchev–Trinajstić information content (AvgIpc) is 2.99. The summed E-state index contributed by atoms with van der Waals surface area (Å²) in [5, 5.41) is 1.35. The number of hydrogen-bond acceptors (Lipinski definition) is 1. The van der Waals surface area contributed by atoms with Gasteiger partial charge in [0, 0.05) is 29.7 Å². The normalized spacial score (nSPS) is 15.4. The number of H-pyrrole nitrogens is 1. The molecule has 0 saturated carbocycles. The maximum Gasteiger partial charge on any atom is 0.226 e. The molecule has 0 bridgehead atoms. The molecule has 1 aliphatic heterocycles. The van der Waals surface area contributed by atoms with Gasteiger partial charge in [0.05, 0.1) is 6.42 Å². The number of aryl methyl sites for hydroxylation is 2. The number of benzene rings is 2. The van der Waals surface area contributed by atoms with Crippen LogP contribution in [0, 0.1) is 19.8 Å². The first-order valence-corrected chi connectivity index (χ1v) is 9.99. The largest absolute Gasteiger partial charge is 0.358 e. The molecule has 1 aromatic heterocycles. The van der Waals surface area contributed by atoms with Gasteiger partial charge >= 0.3 is 0 Å². The van der Waals surface area contributed by atoms with Crippen LogP contribution in [0.5, 0.6) is 0 Å². The number of piperidine rings is 1. The number of para-hydroxylation sites is 1. The van der Waals surface area contributed by atoms with Gasteiger partial charge in [-0.15, -0.1) is 0 Å². The summed E-state index contributed by atoms with van der Waals surface area (Å²) in [6, 6.07) is 16.9. The van der Waals surface area contributed by atoms with Crippen molar-refractivity contribution in [3.05, 3.63) is 70.9 Å². The number of aromatic nitrogens is 1. The Morgan fingerprint density at radius 3 is 2.48 bits per heavy atom. The molecule has 2 heterocycles. The fourth-order valence-corrected chi connectivity index (χ4v) is 4.27. The summed E-state index contributed by atoms with van der Waals surface area (Å²) < 4.78 is 0. The molecule has 3 heteroatoms. The lowest BCUT2D eigenvalue weighted by molar-refractivity contribution is -0.131. The number of likely N-dealkylation sites (tertiary alicyclic amines) is 1. The van der Waals surface area contributed by atoms with E-state index in [1.54, 1.807) is 0 Å². The first-order valence-electron chi connectivity index (χ1n) is 9.99. The Balaban J connectivity index is 1.35. The summed E-state index contributed by atoms with van der Waals surface area (Å²) >= 11 is 0. The fourth-order valence-electron chi connectivity index (χ4n) is 4.27. The molecule has 0 radical (unpaired) electrons. The first-order chi connectivity index (χ1) is 13.1. The van der Waals surface area contributed by atoms with Crippen molar-refractivity contribution in [2.24, 2.45) is 5.92 Å². The average molecular weight is 361 g/mol. The van der Waals surface area contributed by atoms with Gasteiger partial charge in [-0.3, -0.25) is 4.79 Å². The Hall–Kier alpha value is -2.55. The van der Waals surface area contributed by atoms with Crippen LogP contribution in [0.15, 0.2) is 48.5 Å². The smallest absolute Gasteiger partial charge is 0.226 e. The van der Waals surface area contributed by atoms with E-state index in [1.165, 1.54) is 27.7 Å². The number of rotatable bonds is 4. The maximum absolute atomic E-state index is 12.6. The molecular weight excluding hydrogens is 332 g/mol. The molecule has 140 valence electrons. The lowest BCUT2D eigenvalue weighted by Gasteiger charge is -2.32. The van der Waals surface area contributed by atoms with Crippen LogP contribution in [0.2, 0.25) is 0 Å². The van der Waals surface area contributed by atoms with E-state index < -0.39 is 0 Å². The molecule has 2 aromatic carbocycles. The van der Waals surface area contributed by atoms with E-state index in [-0.39, 0.29) is 5.91 Å². The van der Waals surface area contributed by atoms with Gasteiger partial charge in [-0.05, 0) is 56.2 Å². The number of hydrogen-bond donors (Lipinski definition) is 1. The third-order valence-electron chi connectivity index (χ3n) is 5.96. The van der Waals surface area contributed by atoms with E-state index in [0.29, 0.717) is 12.3 Å². The molecule has 1 saturated heterocycles. The van der Waals surface area contributed by atoms with Crippen molar-refractivity contribution in [1.82, 2.24) is 9.88 Å². The minimum absolute atomic E-state index is 0.264. The zero-order valence-electron chi connectivity index (χ0n) is 16.3. The van der Waals surface area contributed by atoms with Crippen molar-refractivity contribution >= 4 is 16.8 Å². The Bertz CT molecular complexity index is 931. The monoisotopic (exact) mass is 360 g/mol. The van der Waals surface area contributed by atoms with Gasteiger partial charge in [0.2, 0.25) is 5.91 Å². The summed E-state index contributed by atoms with van der Waals surface area (Å²) in [5.74, 6) is 0.923. The molecule has 0 unspecified atom stereocenters. The number of amides is 1. The highest BCUT2D eigenvalue weighted by atomic mass is 16.2. The quantitative estimate of drug-likeness (QED) is 0.712. The fraction of sp³-hybridized carbons (Fsp3) is 0.375. The molecular formula is C24H28N2O. The van der Waals surface area contributed by atoms with Crippen LogP contribution in [-0.4, -0.2) is 28.9 Å². The van der Waals surface area contributed by atoms with Gasteiger partial charge in [0.15, 0.2) is 0 Å². The highest BCUT2D eigenvalue weighted by Crippen LogP contribution is 2.28. The van der Waals surface area contributed by atoms with Crippen molar-refractivity contribution in [1.29, 1.82) is 0 Å². The van der Waals surface area contributed by atoms with Crippen molar-refractivity contribution in [3.8, 4) is 0 Å². The van der Waals surface area contributed by atoms with Crippen LogP contribution in [-0.2, 0) is 17.6 Å². The van der Waals surface area contributed by atoms with Crippen LogP contribution >= 0.6 is 0 Å². The third-order valence-corrected chi connectivity index (χ3v) is 5.96. The second-order valence-electron chi connectivity index (χ2n) is 7.96.